The Morgan fingerprint density at radius 3 is 2.64 bits per heavy atom. The fourth-order valence-corrected chi connectivity index (χ4v) is 3.50. The molecule has 11 nitrogen and oxygen atoms in total. The highest BCUT2D eigenvalue weighted by atomic mass is 16.6. The van der Waals surface area contributed by atoms with Crippen molar-refractivity contribution in [3.8, 4) is 5.75 Å². The molecule has 11 heteroatoms. The number of esters is 2. The van der Waals surface area contributed by atoms with Crippen LogP contribution in [0, 0.1) is 10.1 Å². The molecule has 2 heterocycles. The molecule has 0 spiro atoms. The van der Waals surface area contributed by atoms with Crippen LogP contribution < -0.4 is 10.1 Å². The number of fused-ring (bicyclic) bond motifs is 1. The van der Waals surface area contributed by atoms with Gasteiger partial charge in [0.25, 0.3) is 5.69 Å². The number of nitro benzene ring substituents is 1. The number of non-ortho nitro benzene ring substituents is 1. The van der Waals surface area contributed by atoms with Gasteiger partial charge in [-0.15, -0.1) is 0 Å². The minimum absolute atomic E-state index is 0.0574. The molecule has 1 unspecified atom stereocenters. The Morgan fingerprint density at radius 2 is 1.94 bits per heavy atom. The van der Waals surface area contributed by atoms with Crippen molar-refractivity contribution in [3.63, 3.8) is 0 Å². The van der Waals surface area contributed by atoms with Crippen LogP contribution in [0.15, 0.2) is 66.1 Å². The van der Waals surface area contributed by atoms with Gasteiger partial charge < -0.3 is 14.8 Å². The molecule has 3 aromatic rings. The van der Waals surface area contributed by atoms with Crippen molar-refractivity contribution in [1.82, 2.24) is 14.8 Å². The Kier molecular flexibility index (Phi) is 5.85. The number of nitrogens with zero attached hydrogens (tertiary/aromatic N) is 4. The molecule has 1 N–H and O–H groups in total. The van der Waals surface area contributed by atoms with Crippen LogP contribution in [-0.2, 0) is 9.53 Å². The van der Waals surface area contributed by atoms with Gasteiger partial charge >= 0.3 is 11.9 Å². The van der Waals surface area contributed by atoms with Crippen molar-refractivity contribution in [2.45, 2.75) is 19.9 Å². The van der Waals surface area contributed by atoms with Crippen molar-refractivity contribution in [3.05, 3.63) is 87.4 Å². The number of carbonyl (C=O) groups is 2. The summed E-state index contributed by atoms with van der Waals surface area (Å²) in [6, 6.07) is 11.2. The lowest BCUT2D eigenvalue weighted by atomic mass is 9.96. The quantitative estimate of drug-likeness (QED) is 0.260. The highest BCUT2D eigenvalue weighted by Crippen LogP contribution is 2.35. The number of anilines is 1. The van der Waals surface area contributed by atoms with Crippen LogP contribution in [0.3, 0.4) is 0 Å². The van der Waals surface area contributed by atoms with E-state index in [9.17, 15) is 19.7 Å². The molecule has 1 aliphatic rings. The summed E-state index contributed by atoms with van der Waals surface area (Å²) in [6.07, 6.45) is 1.38. The highest BCUT2D eigenvalue weighted by Gasteiger charge is 2.34. The van der Waals surface area contributed by atoms with Crippen LogP contribution in [0.5, 0.6) is 5.75 Å². The second kappa shape index (κ2) is 8.91. The van der Waals surface area contributed by atoms with E-state index in [4.69, 9.17) is 9.47 Å². The third kappa shape index (κ3) is 4.28. The summed E-state index contributed by atoms with van der Waals surface area (Å²) in [6.45, 7) is 3.70. The summed E-state index contributed by atoms with van der Waals surface area (Å²) in [5.41, 5.74) is 1.53. The van der Waals surface area contributed by atoms with E-state index in [0.717, 1.165) is 6.07 Å². The lowest BCUT2D eigenvalue weighted by Gasteiger charge is -2.28. The second-order valence-electron chi connectivity index (χ2n) is 7.08. The molecule has 0 saturated carbocycles. The fourth-order valence-electron chi connectivity index (χ4n) is 3.50. The number of benzene rings is 2. The van der Waals surface area contributed by atoms with Crippen LogP contribution in [0.4, 0.5) is 11.6 Å². The summed E-state index contributed by atoms with van der Waals surface area (Å²) in [5.74, 6) is -0.488. The van der Waals surface area contributed by atoms with Gasteiger partial charge in [0.15, 0.2) is 0 Å². The maximum Gasteiger partial charge on any atom is 0.343 e. The molecule has 1 aromatic heterocycles. The smallest absolute Gasteiger partial charge is 0.343 e. The van der Waals surface area contributed by atoms with Gasteiger partial charge in [0.2, 0.25) is 5.95 Å². The third-order valence-electron chi connectivity index (χ3n) is 4.99. The highest BCUT2D eigenvalue weighted by molar-refractivity contribution is 5.93. The number of nitro groups is 1. The van der Waals surface area contributed by atoms with E-state index < -0.39 is 22.9 Å². The minimum Gasteiger partial charge on any atom is -0.463 e. The number of rotatable bonds is 6. The first-order chi connectivity index (χ1) is 15.9. The number of hydrogen-bond acceptors (Lipinski definition) is 9. The normalized spacial score (nSPS) is 14.8. The fraction of sp³-hybridized carbons (Fsp3) is 0.182. The number of aromatic nitrogens is 3. The molecule has 0 fully saturated rings. The van der Waals surface area contributed by atoms with E-state index in [1.165, 1.54) is 24.5 Å². The number of nitrogens with one attached hydrogen (secondary N) is 1. The monoisotopic (exact) mass is 449 g/mol. The lowest BCUT2D eigenvalue weighted by molar-refractivity contribution is -0.384. The standard InChI is InChI=1S/C22H19N5O6/c1-3-32-21(29)18-13(2)25-22-23-12-24-26(22)19(18)14-7-9-17(10-8-14)33-20(28)15-5-4-6-16(11-15)27(30)31/h4-12,19H,3H2,1-2H3,(H,23,24,25). The maximum atomic E-state index is 12.7. The Hall–Kier alpha value is -4.54. The van der Waals surface area contributed by atoms with Gasteiger partial charge in [0.1, 0.15) is 18.1 Å². The van der Waals surface area contributed by atoms with Gasteiger partial charge in [-0.25, -0.2) is 14.3 Å². The SMILES string of the molecule is CCOC(=O)C1=C(C)Nc2ncnn2C1c1ccc(OC(=O)c2cccc([N+](=O)[O-])c2)cc1. The first-order valence-corrected chi connectivity index (χ1v) is 10.00. The van der Waals surface area contributed by atoms with E-state index in [1.54, 1.807) is 42.8 Å². The van der Waals surface area contributed by atoms with Crippen molar-refractivity contribution >= 4 is 23.6 Å². The van der Waals surface area contributed by atoms with Crippen LogP contribution in [0.25, 0.3) is 0 Å². The van der Waals surface area contributed by atoms with Gasteiger partial charge in [-0.1, -0.05) is 18.2 Å². The van der Waals surface area contributed by atoms with Crippen LogP contribution >= 0.6 is 0 Å². The molecule has 33 heavy (non-hydrogen) atoms. The van der Waals surface area contributed by atoms with Crippen molar-refractivity contribution in [2.24, 2.45) is 0 Å². The zero-order chi connectivity index (χ0) is 23.5. The summed E-state index contributed by atoms with van der Waals surface area (Å²) in [7, 11) is 0. The van der Waals surface area contributed by atoms with E-state index in [-0.39, 0.29) is 23.6 Å². The molecule has 0 bridgehead atoms. The number of carbonyl (C=O) groups excluding carboxylic acids is 2. The average Bonchev–Trinajstić information content (AvgIpc) is 3.27. The Labute approximate surface area is 187 Å². The molecule has 2 aromatic carbocycles. The topological polar surface area (TPSA) is 138 Å². The summed E-state index contributed by atoms with van der Waals surface area (Å²) < 4.78 is 12.2. The molecule has 0 aliphatic carbocycles. The van der Waals surface area contributed by atoms with E-state index >= 15 is 0 Å². The van der Waals surface area contributed by atoms with E-state index in [1.807, 2.05) is 0 Å². The summed E-state index contributed by atoms with van der Waals surface area (Å²) in [5, 5.41) is 18.2. The zero-order valence-corrected chi connectivity index (χ0v) is 17.7. The van der Waals surface area contributed by atoms with Crippen LogP contribution in [0.2, 0.25) is 0 Å². The Morgan fingerprint density at radius 1 is 1.18 bits per heavy atom. The van der Waals surface area contributed by atoms with Crippen LogP contribution in [-0.4, -0.2) is 38.2 Å². The second-order valence-corrected chi connectivity index (χ2v) is 7.08. The van der Waals surface area contributed by atoms with Crippen molar-refractivity contribution < 1.29 is 24.0 Å². The number of hydrogen-bond donors (Lipinski definition) is 1. The predicted molar refractivity (Wildman–Crippen MR) is 116 cm³/mol. The lowest BCUT2D eigenvalue weighted by Crippen LogP contribution is -2.29. The molecule has 1 atom stereocenters. The molecule has 0 amide bonds. The van der Waals surface area contributed by atoms with Crippen molar-refractivity contribution in [1.29, 1.82) is 0 Å². The first kappa shape index (κ1) is 21.7. The molecular formula is C22H19N5O6. The number of ether oxygens (including phenoxy) is 2. The van der Waals surface area contributed by atoms with Gasteiger partial charge in [0, 0.05) is 17.8 Å². The molecule has 0 radical (unpaired) electrons. The first-order valence-electron chi connectivity index (χ1n) is 10.00. The Bertz CT molecular complexity index is 1260. The summed E-state index contributed by atoms with van der Waals surface area (Å²) >= 11 is 0. The largest absolute Gasteiger partial charge is 0.463 e. The van der Waals surface area contributed by atoms with Gasteiger partial charge in [-0.3, -0.25) is 10.1 Å². The predicted octanol–water partition coefficient (Wildman–Crippen LogP) is 3.26. The van der Waals surface area contributed by atoms with Gasteiger partial charge in [-0.05, 0) is 37.6 Å². The summed E-state index contributed by atoms with van der Waals surface area (Å²) in [4.78, 5) is 39.6. The third-order valence-corrected chi connectivity index (χ3v) is 4.99. The molecule has 4 rings (SSSR count). The van der Waals surface area contributed by atoms with E-state index in [0.29, 0.717) is 22.8 Å². The maximum absolute atomic E-state index is 12.7. The van der Waals surface area contributed by atoms with Gasteiger partial charge in [0.05, 0.1) is 22.7 Å². The number of allylic oxidation sites excluding steroid dienone is 1. The molecule has 0 saturated heterocycles. The molecule has 1 aliphatic heterocycles. The van der Waals surface area contributed by atoms with E-state index in [2.05, 4.69) is 15.4 Å². The average molecular weight is 449 g/mol. The minimum atomic E-state index is -0.727. The molecule has 168 valence electrons. The van der Waals surface area contributed by atoms with Crippen LogP contribution in [0.1, 0.15) is 35.8 Å². The van der Waals surface area contributed by atoms with Gasteiger partial charge in [-0.2, -0.15) is 10.1 Å². The van der Waals surface area contributed by atoms with Crippen molar-refractivity contribution in [2.75, 3.05) is 11.9 Å². The molecular weight excluding hydrogens is 430 g/mol. The zero-order valence-electron chi connectivity index (χ0n) is 17.7. The Balaban J connectivity index is 1.61.